The van der Waals surface area contributed by atoms with Crippen LogP contribution in [-0.4, -0.2) is 13.1 Å². The molecule has 4 rings (SSSR count). The molecule has 1 heteroatoms. The lowest BCUT2D eigenvalue weighted by atomic mass is 9.36. The van der Waals surface area contributed by atoms with E-state index in [0.29, 0.717) is 0 Å². The van der Waals surface area contributed by atoms with Gasteiger partial charge in [-0.2, -0.15) is 0 Å². The van der Waals surface area contributed by atoms with E-state index in [0.717, 1.165) is 29.2 Å². The molecule has 6 atom stereocenters. The van der Waals surface area contributed by atoms with Crippen molar-refractivity contribution in [2.75, 3.05) is 7.05 Å². The van der Waals surface area contributed by atoms with Gasteiger partial charge in [-0.25, -0.2) is 0 Å². The average Bonchev–Trinajstić information content (AvgIpc) is 2.51. The smallest absolute Gasteiger partial charge is 0.0132 e. The molecule has 0 aromatic heterocycles. The molecular formula is C11H17N. The molecule has 0 aromatic rings. The van der Waals surface area contributed by atoms with Crippen LogP contribution >= 0.6 is 0 Å². The fourth-order valence-electron chi connectivity index (χ4n) is 5.52. The summed E-state index contributed by atoms with van der Waals surface area (Å²) in [5, 5.41) is 3.54. The quantitative estimate of drug-likeness (QED) is 0.619. The van der Waals surface area contributed by atoms with Gasteiger partial charge in [0.15, 0.2) is 0 Å². The summed E-state index contributed by atoms with van der Waals surface area (Å²) in [6.07, 6.45) is 6.35. The van der Waals surface area contributed by atoms with Crippen molar-refractivity contribution in [1.29, 1.82) is 0 Å². The van der Waals surface area contributed by atoms with E-state index in [4.69, 9.17) is 0 Å². The second-order valence-corrected chi connectivity index (χ2v) is 5.61. The first-order valence-corrected chi connectivity index (χ1v) is 5.53. The van der Waals surface area contributed by atoms with Crippen LogP contribution in [0.25, 0.3) is 0 Å². The molecule has 0 saturated heterocycles. The van der Waals surface area contributed by atoms with Gasteiger partial charge in [-0.15, -0.1) is 0 Å². The third kappa shape index (κ3) is 0.396. The van der Waals surface area contributed by atoms with Gasteiger partial charge >= 0.3 is 0 Å². The molecule has 1 N–H and O–H groups in total. The van der Waals surface area contributed by atoms with E-state index in [-0.39, 0.29) is 0 Å². The molecule has 2 bridgehead atoms. The van der Waals surface area contributed by atoms with Gasteiger partial charge in [0.1, 0.15) is 0 Å². The first-order chi connectivity index (χ1) is 5.86. The Balaban J connectivity index is 1.76. The zero-order valence-electron chi connectivity index (χ0n) is 7.72. The molecule has 4 fully saturated rings. The van der Waals surface area contributed by atoms with Crippen LogP contribution in [-0.2, 0) is 0 Å². The third-order valence-electron chi connectivity index (χ3n) is 5.73. The monoisotopic (exact) mass is 163 g/mol. The van der Waals surface area contributed by atoms with Crippen LogP contribution in [0.3, 0.4) is 0 Å². The first-order valence-electron chi connectivity index (χ1n) is 5.53. The maximum absolute atomic E-state index is 3.54. The number of hydrogen-bond acceptors (Lipinski definition) is 1. The Morgan fingerprint density at radius 1 is 1.17 bits per heavy atom. The van der Waals surface area contributed by atoms with Gasteiger partial charge in [0, 0.05) is 6.04 Å². The number of nitrogens with one attached hydrogen (secondary N) is 1. The third-order valence-corrected chi connectivity index (χ3v) is 5.73. The Morgan fingerprint density at radius 3 is 2.75 bits per heavy atom. The Morgan fingerprint density at radius 2 is 2.00 bits per heavy atom. The largest absolute Gasteiger partial charge is 0.316 e. The normalized spacial score (nSPS) is 70.2. The van der Waals surface area contributed by atoms with Crippen LogP contribution in [0.5, 0.6) is 0 Å². The molecule has 0 aromatic carbocycles. The van der Waals surface area contributed by atoms with E-state index in [1.807, 2.05) is 0 Å². The van der Waals surface area contributed by atoms with Crippen LogP contribution in [0.15, 0.2) is 0 Å². The molecule has 0 heterocycles. The molecule has 4 saturated carbocycles. The Kier molecular flexibility index (Phi) is 0.863. The van der Waals surface area contributed by atoms with E-state index >= 15 is 0 Å². The molecule has 1 spiro atoms. The lowest BCUT2D eigenvalue weighted by Gasteiger charge is -2.70. The lowest BCUT2D eigenvalue weighted by molar-refractivity contribution is -0.201. The Hall–Kier alpha value is -0.0400. The van der Waals surface area contributed by atoms with Crippen molar-refractivity contribution in [3.63, 3.8) is 0 Å². The molecule has 1 nitrogen and oxygen atoms in total. The highest BCUT2D eigenvalue weighted by Gasteiger charge is 2.77. The van der Waals surface area contributed by atoms with Gasteiger partial charge in [-0.05, 0) is 61.8 Å². The van der Waals surface area contributed by atoms with Gasteiger partial charge < -0.3 is 5.32 Å². The highest BCUT2D eigenvalue weighted by atomic mass is 15.0. The van der Waals surface area contributed by atoms with E-state index in [1.165, 1.54) is 5.92 Å². The molecule has 66 valence electrons. The molecule has 4 aliphatic carbocycles. The molecule has 12 heavy (non-hydrogen) atoms. The van der Waals surface area contributed by atoms with Gasteiger partial charge in [-0.3, -0.25) is 0 Å². The minimum Gasteiger partial charge on any atom is -0.316 e. The maximum atomic E-state index is 3.54. The molecule has 0 aliphatic heterocycles. The van der Waals surface area contributed by atoms with Crippen molar-refractivity contribution < 1.29 is 0 Å². The van der Waals surface area contributed by atoms with Crippen molar-refractivity contribution in [2.24, 2.45) is 29.1 Å². The summed E-state index contributed by atoms with van der Waals surface area (Å²) in [6.45, 7) is 0. The van der Waals surface area contributed by atoms with Gasteiger partial charge in [0.05, 0.1) is 0 Å². The Labute approximate surface area is 73.9 Å². The minimum absolute atomic E-state index is 0.915. The molecule has 0 amide bonds. The number of hydrogen-bond donors (Lipinski definition) is 1. The highest BCUT2D eigenvalue weighted by Crippen LogP contribution is 2.80. The van der Waals surface area contributed by atoms with Crippen LogP contribution in [0.2, 0.25) is 0 Å². The van der Waals surface area contributed by atoms with E-state index < -0.39 is 0 Å². The van der Waals surface area contributed by atoms with Crippen LogP contribution in [0.4, 0.5) is 0 Å². The summed E-state index contributed by atoms with van der Waals surface area (Å²) in [5.41, 5.74) is 0.915. The summed E-state index contributed by atoms with van der Waals surface area (Å²) in [6, 6.07) is 0.923. The fourth-order valence-corrected chi connectivity index (χ4v) is 5.52. The summed E-state index contributed by atoms with van der Waals surface area (Å²) in [5.74, 6) is 4.52. The predicted molar refractivity (Wildman–Crippen MR) is 47.7 cm³/mol. The van der Waals surface area contributed by atoms with Gasteiger partial charge in [0.25, 0.3) is 0 Å². The van der Waals surface area contributed by atoms with Gasteiger partial charge in [-0.1, -0.05) is 0 Å². The zero-order valence-corrected chi connectivity index (χ0v) is 7.72. The summed E-state index contributed by atoms with van der Waals surface area (Å²) in [4.78, 5) is 0. The zero-order chi connectivity index (χ0) is 7.92. The highest BCUT2D eigenvalue weighted by molar-refractivity contribution is 5.27. The minimum atomic E-state index is 0.915. The van der Waals surface area contributed by atoms with Crippen LogP contribution in [0, 0.1) is 29.1 Å². The summed E-state index contributed by atoms with van der Waals surface area (Å²) >= 11 is 0. The molecule has 4 aliphatic rings. The summed E-state index contributed by atoms with van der Waals surface area (Å²) in [7, 11) is 2.16. The van der Waals surface area contributed by atoms with E-state index in [9.17, 15) is 0 Å². The number of rotatable bonds is 1. The average molecular weight is 163 g/mol. The van der Waals surface area contributed by atoms with Crippen molar-refractivity contribution in [2.45, 2.75) is 31.7 Å². The molecular weight excluding hydrogens is 146 g/mol. The first kappa shape index (κ1) is 6.42. The van der Waals surface area contributed by atoms with Crippen molar-refractivity contribution >= 4 is 0 Å². The standard InChI is InChI=1S/C11H17N/c1-12-10-8-3-6-2-7-4-9(10)11(7,8)5-6/h6-10,12H,2-5H2,1H3. The second kappa shape index (κ2) is 1.61. The summed E-state index contributed by atoms with van der Waals surface area (Å²) < 4.78 is 0. The SMILES string of the molecule is CNC1C2CC3CC4CC1C42C3. The molecule has 6 unspecified atom stereocenters. The van der Waals surface area contributed by atoms with Crippen molar-refractivity contribution in [3.8, 4) is 0 Å². The molecule has 0 radical (unpaired) electrons. The van der Waals surface area contributed by atoms with Gasteiger partial charge in [0.2, 0.25) is 0 Å². The van der Waals surface area contributed by atoms with Crippen molar-refractivity contribution in [3.05, 3.63) is 0 Å². The van der Waals surface area contributed by atoms with Crippen LogP contribution in [0.1, 0.15) is 25.7 Å². The second-order valence-electron chi connectivity index (χ2n) is 5.61. The topological polar surface area (TPSA) is 12.0 Å². The predicted octanol–water partition coefficient (Wildman–Crippen LogP) is 1.64. The van der Waals surface area contributed by atoms with Crippen molar-refractivity contribution in [1.82, 2.24) is 5.32 Å². The lowest BCUT2D eigenvalue weighted by Crippen LogP contribution is -2.72. The van der Waals surface area contributed by atoms with E-state index in [2.05, 4.69) is 12.4 Å². The fraction of sp³-hybridized carbons (Fsp3) is 1.00. The number of fused-ring (bicyclic) bond motifs is 1. The Bertz CT molecular complexity index is 249. The maximum Gasteiger partial charge on any atom is 0.0132 e. The van der Waals surface area contributed by atoms with Crippen LogP contribution < -0.4 is 5.32 Å². The van der Waals surface area contributed by atoms with E-state index in [1.54, 1.807) is 25.7 Å².